The molecule has 3 atom stereocenters. The number of amides is 2. The lowest BCUT2D eigenvalue weighted by molar-refractivity contribution is -0.152. The van der Waals surface area contributed by atoms with Crippen LogP contribution in [-0.2, 0) is 9.59 Å². The molecule has 1 aliphatic rings. The van der Waals surface area contributed by atoms with Gasteiger partial charge in [0.2, 0.25) is 11.8 Å². The molecule has 0 spiro atoms. The van der Waals surface area contributed by atoms with E-state index in [0.717, 1.165) is 25.0 Å². The van der Waals surface area contributed by atoms with Crippen molar-refractivity contribution in [1.29, 1.82) is 0 Å². The van der Waals surface area contributed by atoms with Crippen molar-refractivity contribution in [1.82, 2.24) is 10.2 Å². The lowest BCUT2D eigenvalue weighted by Gasteiger charge is -2.42. The zero-order chi connectivity index (χ0) is 16.0. The van der Waals surface area contributed by atoms with E-state index in [1.807, 2.05) is 37.4 Å². The number of nitrogens with zero attached hydrogens (tertiary/aromatic N) is 1. The zero-order valence-electron chi connectivity index (χ0n) is 14.0. The van der Waals surface area contributed by atoms with Gasteiger partial charge in [-0.25, -0.2) is 0 Å². The second kappa shape index (κ2) is 8.66. The van der Waals surface area contributed by atoms with E-state index >= 15 is 0 Å². The average Bonchev–Trinajstić information content (AvgIpc) is 2.45. The summed E-state index contributed by atoms with van der Waals surface area (Å²) in [6.07, 6.45) is 5.04. The molecule has 3 unspecified atom stereocenters. The van der Waals surface area contributed by atoms with E-state index in [4.69, 9.17) is 0 Å². The normalized spacial score (nSPS) is 24.4. The predicted molar refractivity (Wildman–Crippen MR) is 89.3 cm³/mol. The van der Waals surface area contributed by atoms with E-state index in [1.165, 1.54) is 0 Å². The molecule has 0 radical (unpaired) electrons. The van der Waals surface area contributed by atoms with Gasteiger partial charge >= 0.3 is 0 Å². The van der Waals surface area contributed by atoms with Gasteiger partial charge in [0.25, 0.3) is 0 Å². The number of thioether (sulfide) groups is 1. The number of carbonyl (C=O) groups is 2. The molecule has 4 nitrogen and oxygen atoms in total. The van der Waals surface area contributed by atoms with Gasteiger partial charge in [0.15, 0.2) is 0 Å². The summed E-state index contributed by atoms with van der Waals surface area (Å²) in [6, 6.07) is -0.662. The molecule has 1 aliphatic heterocycles. The van der Waals surface area contributed by atoms with Crippen molar-refractivity contribution in [2.45, 2.75) is 59.0 Å². The Morgan fingerprint density at radius 2 is 1.90 bits per heavy atom. The standard InChI is InChI=1S/C16H30N2O2S/c1-6-12(4)13-16(20)18(9-7-8-10-21-5)14(11(2)3)15(19)17-13/h11-14H,6-10H2,1-5H3,(H,17,19). The second-order valence-electron chi connectivity index (χ2n) is 6.29. The van der Waals surface area contributed by atoms with Gasteiger partial charge in [0.05, 0.1) is 0 Å². The molecule has 1 fully saturated rings. The average molecular weight is 314 g/mol. The minimum atomic E-state index is -0.349. The van der Waals surface area contributed by atoms with Crippen LogP contribution >= 0.6 is 11.8 Å². The molecule has 122 valence electrons. The third kappa shape index (κ3) is 4.63. The highest BCUT2D eigenvalue weighted by molar-refractivity contribution is 7.98. The first-order valence-corrected chi connectivity index (χ1v) is 9.43. The highest BCUT2D eigenvalue weighted by Gasteiger charge is 2.42. The summed E-state index contributed by atoms with van der Waals surface area (Å²) < 4.78 is 0. The molecule has 1 N–H and O–H groups in total. The number of piperazine rings is 1. The van der Waals surface area contributed by atoms with Crippen molar-refractivity contribution < 1.29 is 9.59 Å². The maximum Gasteiger partial charge on any atom is 0.246 e. The summed E-state index contributed by atoms with van der Waals surface area (Å²) in [5.41, 5.74) is 0. The van der Waals surface area contributed by atoms with E-state index in [-0.39, 0.29) is 35.7 Å². The van der Waals surface area contributed by atoms with Crippen LogP contribution in [-0.4, -0.2) is 47.4 Å². The molecule has 5 heteroatoms. The SMILES string of the molecule is CCC(C)C1NC(=O)C(C(C)C)N(CCCCSC)C1=O. The summed E-state index contributed by atoms with van der Waals surface area (Å²) in [6.45, 7) is 8.81. The monoisotopic (exact) mass is 314 g/mol. The zero-order valence-corrected chi connectivity index (χ0v) is 14.8. The van der Waals surface area contributed by atoms with E-state index in [0.29, 0.717) is 6.54 Å². The van der Waals surface area contributed by atoms with Crippen LogP contribution in [0.25, 0.3) is 0 Å². The first-order valence-electron chi connectivity index (χ1n) is 8.03. The molecule has 1 heterocycles. The first-order chi connectivity index (χ1) is 9.93. The Labute approximate surface area is 133 Å². The molecule has 0 aromatic rings. The Morgan fingerprint density at radius 1 is 1.24 bits per heavy atom. The van der Waals surface area contributed by atoms with Crippen LogP contribution in [0.4, 0.5) is 0 Å². The predicted octanol–water partition coefficient (Wildman–Crippen LogP) is 2.53. The van der Waals surface area contributed by atoms with Crippen molar-refractivity contribution in [3.8, 4) is 0 Å². The summed E-state index contributed by atoms with van der Waals surface area (Å²) in [5, 5.41) is 2.95. The fourth-order valence-corrected chi connectivity index (χ4v) is 3.31. The number of carbonyl (C=O) groups excluding carboxylic acids is 2. The van der Waals surface area contributed by atoms with Crippen LogP contribution in [0.15, 0.2) is 0 Å². The highest BCUT2D eigenvalue weighted by atomic mass is 32.2. The summed E-state index contributed by atoms with van der Waals surface area (Å²) in [5.74, 6) is 1.55. The molecule has 0 aromatic heterocycles. The van der Waals surface area contributed by atoms with E-state index in [2.05, 4.69) is 18.5 Å². The van der Waals surface area contributed by atoms with Crippen molar-refractivity contribution in [2.75, 3.05) is 18.6 Å². The number of hydrogen-bond donors (Lipinski definition) is 1. The number of nitrogens with one attached hydrogen (secondary N) is 1. The van der Waals surface area contributed by atoms with Crippen LogP contribution in [0.3, 0.4) is 0 Å². The quantitative estimate of drug-likeness (QED) is 0.700. The molecule has 21 heavy (non-hydrogen) atoms. The van der Waals surface area contributed by atoms with Gasteiger partial charge in [-0.3, -0.25) is 9.59 Å². The maximum atomic E-state index is 12.8. The van der Waals surface area contributed by atoms with Gasteiger partial charge in [0.1, 0.15) is 12.1 Å². The minimum absolute atomic E-state index is 0.0137. The second-order valence-corrected chi connectivity index (χ2v) is 7.28. The molecular formula is C16H30N2O2S. The Kier molecular flexibility index (Phi) is 7.57. The Morgan fingerprint density at radius 3 is 2.43 bits per heavy atom. The van der Waals surface area contributed by atoms with Crippen molar-refractivity contribution in [3.63, 3.8) is 0 Å². The summed E-state index contributed by atoms with van der Waals surface area (Å²) in [7, 11) is 0. The maximum absolute atomic E-state index is 12.8. The number of hydrogen-bond acceptors (Lipinski definition) is 3. The smallest absolute Gasteiger partial charge is 0.246 e. The van der Waals surface area contributed by atoms with Crippen molar-refractivity contribution in [2.24, 2.45) is 11.8 Å². The Hall–Kier alpha value is -0.710. The first kappa shape index (κ1) is 18.3. The van der Waals surface area contributed by atoms with Gasteiger partial charge in [-0.05, 0) is 36.7 Å². The molecular weight excluding hydrogens is 284 g/mol. The molecule has 1 rings (SSSR count). The van der Waals surface area contributed by atoms with Crippen molar-refractivity contribution in [3.05, 3.63) is 0 Å². The molecule has 0 aromatic carbocycles. The van der Waals surface area contributed by atoms with Gasteiger partial charge < -0.3 is 10.2 Å². The minimum Gasteiger partial charge on any atom is -0.342 e. The van der Waals surface area contributed by atoms with E-state index in [9.17, 15) is 9.59 Å². The fraction of sp³-hybridized carbons (Fsp3) is 0.875. The third-order valence-corrected chi connectivity index (χ3v) is 4.99. The number of unbranched alkanes of at least 4 members (excludes halogenated alkanes) is 1. The molecule has 2 amide bonds. The van der Waals surface area contributed by atoms with E-state index in [1.54, 1.807) is 0 Å². The van der Waals surface area contributed by atoms with Crippen LogP contribution in [0.2, 0.25) is 0 Å². The van der Waals surface area contributed by atoms with E-state index < -0.39 is 0 Å². The third-order valence-electron chi connectivity index (χ3n) is 4.29. The molecule has 0 saturated carbocycles. The number of rotatable bonds is 8. The van der Waals surface area contributed by atoms with Gasteiger partial charge in [-0.1, -0.05) is 34.1 Å². The van der Waals surface area contributed by atoms with Crippen LogP contribution in [0.1, 0.15) is 47.0 Å². The van der Waals surface area contributed by atoms with Crippen LogP contribution in [0, 0.1) is 11.8 Å². The fourth-order valence-electron chi connectivity index (χ4n) is 2.82. The topological polar surface area (TPSA) is 49.4 Å². The lowest BCUT2D eigenvalue weighted by Crippen LogP contribution is -2.66. The van der Waals surface area contributed by atoms with Crippen LogP contribution in [0.5, 0.6) is 0 Å². The molecule has 1 saturated heterocycles. The Bertz CT molecular complexity index is 360. The van der Waals surface area contributed by atoms with Crippen molar-refractivity contribution >= 4 is 23.6 Å². The summed E-state index contributed by atoms with van der Waals surface area (Å²) in [4.78, 5) is 27.0. The van der Waals surface area contributed by atoms with Crippen LogP contribution < -0.4 is 5.32 Å². The van der Waals surface area contributed by atoms with Gasteiger partial charge in [-0.2, -0.15) is 11.8 Å². The summed E-state index contributed by atoms with van der Waals surface area (Å²) >= 11 is 1.82. The lowest BCUT2D eigenvalue weighted by atomic mass is 9.90. The molecule has 0 bridgehead atoms. The highest BCUT2D eigenvalue weighted by Crippen LogP contribution is 2.22. The van der Waals surface area contributed by atoms with Gasteiger partial charge in [0, 0.05) is 6.54 Å². The molecule has 0 aliphatic carbocycles. The Balaban J connectivity index is 2.82. The van der Waals surface area contributed by atoms with Gasteiger partial charge in [-0.15, -0.1) is 0 Å². The largest absolute Gasteiger partial charge is 0.342 e.